The van der Waals surface area contributed by atoms with Gasteiger partial charge in [-0.25, -0.2) is 4.39 Å². The lowest BCUT2D eigenvalue weighted by atomic mass is 10.2. The van der Waals surface area contributed by atoms with Crippen molar-refractivity contribution >= 4 is 33.2 Å². The van der Waals surface area contributed by atoms with E-state index in [-0.39, 0.29) is 16.5 Å². The summed E-state index contributed by atoms with van der Waals surface area (Å²) in [6.45, 7) is 1.96. The molecule has 0 saturated carbocycles. The summed E-state index contributed by atoms with van der Waals surface area (Å²) >= 11 is 9.00. The molecule has 0 bridgehead atoms. The summed E-state index contributed by atoms with van der Waals surface area (Å²) < 4.78 is 19.7. The van der Waals surface area contributed by atoms with Gasteiger partial charge in [-0.3, -0.25) is 0 Å². The Labute approximate surface area is 118 Å². The van der Waals surface area contributed by atoms with Crippen LogP contribution in [0, 0.1) is 12.7 Å². The molecule has 0 aliphatic heterocycles. The Kier molecular flexibility index (Phi) is 3.78. The van der Waals surface area contributed by atoms with Crippen molar-refractivity contribution in [3.63, 3.8) is 0 Å². The minimum absolute atomic E-state index is 0.0252. The molecule has 0 aromatic heterocycles. The fourth-order valence-corrected chi connectivity index (χ4v) is 2.19. The van der Waals surface area contributed by atoms with Crippen molar-refractivity contribution in [3.05, 3.63) is 51.2 Å². The van der Waals surface area contributed by atoms with E-state index in [2.05, 4.69) is 15.9 Å². The molecule has 2 aromatic carbocycles. The molecule has 0 unspecified atom stereocenters. The summed E-state index contributed by atoms with van der Waals surface area (Å²) in [6.07, 6.45) is 0. The summed E-state index contributed by atoms with van der Waals surface area (Å²) in [6, 6.07) is 8.07. The predicted molar refractivity (Wildman–Crippen MR) is 74.8 cm³/mol. The Balaban J connectivity index is 2.37. The van der Waals surface area contributed by atoms with Gasteiger partial charge in [-0.1, -0.05) is 17.7 Å². The first-order valence-corrected chi connectivity index (χ1v) is 6.33. The van der Waals surface area contributed by atoms with E-state index < -0.39 is 5.82 Å². The van der Waals surface area contributed by atoms with Crippen LogP contribution in [0.15, 0.2) is 34.8 Å². The van der Waals surface area contributed by atoms with Crippen LogP contribution in [0.25, 0.3) is 0 Å². The maximum atomic E-state index is 13.3. The molecule has 5 heteroatoms. The fraction of sp³-hybridized carbons (Fsp3) is 0.0769. The number of halogens is 3. The first-order chi connectivity index (χ1) is 8.47. The van der Waals surface area contributed by atoms with E-state index in [1.54, 1.807) is 6.07 Å². The van der Waals surface area contributed by atoms with Crippen LogP contribution < -0.4 is 10.5 Å². The Bertz CT molecular complexity index is 604. The molecule has 0 aliphatic rings. The minimum Gasteiger partial charge on any atom is -0.454 e. The third kappa shape index (κ3) is 2.76. The molecule has 0 atom stereocenters. The van der Waals surface area contributed by atoms with Crippen LogP contribution in [0.4, 0.5) is 10.1 Å². The standard InChI is InChI=1S/C13H10BrClFNO/c1-7-2-3-12(8(14)4-7)18-13-6-10(16)9(15)5-11(13)17/h2-6H,17H2,1H3. The van der Waals surface area contributed by atoms with Gasteiger partial charge in [0.05, 0.1) is 15.2 Å². The van der Waals surface area contributed by atoms with E-state index in [4.69, 9.17) is 22.1 Å². The highest BCUT2D eigenvalue weighted by atomic mass is 79.9. The van der Waals surface area contributed by atoms with Crippen molar-refractivity contribution in [1.29, 1.82) is 0 Å². The van der Waals surface area contributed by atoms with E-state index in [9.17, 15) is 4.39 Å². The molecule has 18 heavy (non-hydrogen) atoms. The summed E-state index contributed by atoms with van der Waals surface area (Å²) in [4.78, 5) is 0. The zero-order chi connectivity index (χ0) is 13.3. The molecule has 0 aliphatic carbocycles. The summed E-state index contributed by atoms with van der Waals surface area (Å²) in [5, 5.41) is -0.0252. The molecule has 0 heterocycles. The number of nitrogens with two attached hydrogens (primary N) is 1. The molecule has 0 radical (unpaired) electrons. The number of aryl methyl sites for hydroxylation is 1. The molecule has 0 fully saturated rings. The number of hydrogen-bond donors (Lipinski definition) is 1. The molecule has 0 amide bonds. The maximum Gasteiger partial charge on any atom is 0.153 e. The van der Waals surface area contributed by atoms with Gasteiger partial charge >= 0.3 is 0 Å². The number of nitrogen functional groups attached to an aromatic ring is 1. The zero-order valence-corrected chi connectivity index (χ0v) is 11.8. The van der Waals surface area contributed by atoms with Crippen LogP contribution in [0.5, 0.6) is 11.5 Å². The van der Waals surface area contributed by atoms with E-state index in [0.717, 1.165) is 10.0 Å². The minimum atomic E-state index is -0.566. The van der Waals surface area contributed by atoms with Gasteiger partial charge < -0.3 is 10.5 Å². The molecule has 2 rings (SSSR count). The molecular weight excluding hydrogens is 321 g/mol. The average Bonchev–Trinajstić information content (AvgIpc) is 2.29. The van der Waals surface area contributed by atoms with Gasteiger partial charge in [0, 0.05) is 6.07 Å². The molecule has 94 valence electrons. The Morgan fingerprint density at radius 3 is 2.61 bits per heavy atom. The normalized spacial score (nSPS) is 10.4. The second-order valence-electron chi connectivity index (χ2n) is 3.84. The molecule has 2 N–H and O–H groups in total. The van der Waals surface area contributed by atoms with Gasteiger partial charge in [0.1, 0.15) is 11.6 Å². The van der Waals surface area contributed by atoms with E-state index >= 15 is 0 Å². The maximum absolute atomic E-state index is 13.3. The Morgan fingerprint density at radius 2 is 1.94 bits per heavy atom. The van der Waals surface area contributed by atoms with Crippen molar-refractivity contribution in [1.82, 2.24) is 0 Å². The first kappa shape index (κ1) is 13.2. The molecule has 2 nitrogen and oxygen atoms in total. The van der Waals surface area contributed by atoms with Crippen LogP contribution in [-0.4, -0.2) is 0 Å². The van der Waals surface area contributed by atoms with Crippen LogP contribution in [0.1, 0.15) is 5.56 Å². The van der Waals surface area contributed by atoms with Gasteiger partial charge in [0.2, 0.25) is 0 Å². The average molecular weight is 331 g/mol. The number of hydrogen-bond acceptors (Lipinski definition) is 2. The highest BCUT2D eigenvalue weighted by Crippen LogP contribution is 2.35. The third-order valence-corrected chi connectivity index (χ3v) is 3.27. The number of anilines is 1. The lowest BCUT2D eigenvalue weighted by Crippen LogP contribution is -1.94. The van der Waals surface area contributed by atoms with Gasteiger partial charge in [0.25, 0.3) is 0 Å². The largest absolute Gasteiger partial charge is 0.454 e. The summed E-state index contributed by atoms with van der Waals surface area (Å²) in [5.74, 6) is 0.236. The van der Waals surface area contributed by atoms with Gasteiger partial charge in [-0.05, 0) is 46.6 Å². The van der Waals surface area contributed by atoms with Gasteiger partial charge in [0.15, 0.2) is 5.75 Å². The topological polar surface area (TPSA) is 35.2 Å². The lowest BCUT2D eigenvalue weighted by molar-refractivity contribution is 0.476. The van der Waals surface area contributed by atoms with Crippen LogP contribution in [0.2, 0.25) is 5.02 Å². The van der Waals surface area contributed by atoms with E-state index in [1.807, 2.05) is 19.1 Å². The SMILES string of the molecule is Cc1ccc(Oc2cc(F)c(Cl)cc2N)c(Br)c1. The number of benzene rings is 2. The lowest BCUT2D eigenvalue weighted by Gasteiger charge is -2.11. The molecule has 2 aromatic rings. The van der Waals surface area contributed by atoms with Crippen LogP contribution in [-0.2, 0) is 0 Å². The first-order valence-electron chi connectivity index (χ1n) is 5.16. The summed E-state index contributed by atoms with van der Waals surface area (Å²) in [5.41, 5.74) is 7.10. The smallest absolute Gasteiger partial charge is 0.153 e. The van der Waals surface area contributed by atoms with E-state index in [0.29, 0.717) is 5.75 Å². The predicted octanol–water partition coefficient (Wildman–Crippen LogP) is 4.92. The quantitative estimate of drug-likeness (QED) is 0.793. The van der Waals surface area contributed by atoms with Crippen molar-refractivity contribution in [2.24, 2.45) is 0 Å². The van der Waals surface area contributed by atoms with E-state index in [1.165, 1.54) is 12.1 Å². The number of rotatable bonds is 2. The van der Waals surface area contributed by atoms with Crippen LogP contribution >= 0.6 is 27.5 Å². The molecular formula is C13H10BrClFNO. The van der Waals surface area contributed by atoms with Gasteiger partial charge in [-0.15, -0.1) is 0 Å². The van der Waals surface area contributed by atoms with Crippen molar-refractivity contribution < 1.29 is 9.13 Å². The van der Waals surface area contributed by atoms with Crippen molar-refractivity contribution in [3.8, 4) is 11.5 Å². The monoisotopic (exact) mass is 329 g/mol. The highest BCUT2D eigenvalue weighted by Gasteiger charge is 2.10. The second kappa shape index (κ2) is 5.16. The van der Waals surface area contributed by atoms with Gasteiger partial charge in [-0.2, -0.15) is 0 Å². The van der Waals surface area contributed by atoms with Crippen molar-refractivity contribution in [2.75, 3.05) is 5.73 Å². The number of ether oxygens (including phenoxy) is 1. The molecule has 0 spiro atoms. The Hall–Kier alpha value is -1.26. The Morgan fingerprint density at radius 1 is 1.22 bits per heavy atom. The fourth-order valence-electron chi connectivity index (χ4n) is 1.44. The third-order valence-electron chi connectivity index (χ3n) is 2.36. The van der Waals surface area contributed by atoms with Crippen molar-refractivity contribution in [2.45, 2.75) is 6.92 Å². The van der Waals surface area contributed by atoms with Crippen LogP contribution in [0.3, 0.4) is 0 Å². The summed E-state index contributed by atoms with van der Waals surface area (Å²) in [7, 11) is 0. The zero-order valence-electron chi connectivity index (χ0n) is 9.51. The highest BCUT2D eigenvalue weighted by molar-refractivity contribution is 9.10. The second-order valence-corrected chi connectivity index (χ2v) is 5.10. The molecule has 0 saturated heterocycles.